The summed E-state index contributed by atoms with van der Waals surface area (Å²) in [4.78, 5) is 0. The van der Waals surface area contributed by atoms with Crippen LogP contribution in [0.2, 0.25) is 78.6 Å². The second kappa shape index (κ2) is 11.3. The predicted octanol–water partition coefficient (Wildman–Crippen LogP) is 7.66. The minimum Gasteiger partial charge on any atom is -0.461 e. The number of hydrogen-bond acceptors (Lipinski definition) is 2. The fourth-order valence-electron chi connectivity index (χ4n) is 7.13. The van der Waals surface area contributed by atoms with Gasteiger partial charge in [-0.3, -0.25) is 0 Å². The van der Waals surface area contributed by atoms with Crippen LogP contribution in [0.15, 0.2) is 24.3 Å². The Labute approximate surface area is 243 Å². The molecule has 0 aromatic heterocycles. The number of benzene rings is 2. The quantitative estimate of drug-likeness (QED) is 0.282. The second-order valence-corrected chi connectivity index (χ2v) is 43.6. The lowest BCUT2D eigenvalue weighted by atomic mass is 10.1. The molecular weight excluding hydrogens is 557 g/mol. The van der Waals surface area contributed by atoms with Gasteiger partial charge in [0.1, 0.15) is 49.0 Å². The lowest BCUT2D eigenvalue weighted by Crippen LogP contribution is -2.75. The first-order chi connectivity index (χ1) is 16.9. The van der Waals surface area contributed by atoms with E-state index in [2.05, 4.69) is 152 Å². The number of rotatable bonds is 8. The summed E-state index contributed by atoms with van der Waals surface area (Å²) in [6.07, 6.45) is 0. The molecule has 0 bridgehead atoms. The van der Waals surface area contributed by atoms with Crippen molar-refractivity contribution in [3.05, 3.63) is 57.6 Å². The Morgan fingerprint density at radius 3 is 0.737 bits per heavy atom. The second-order valence-electron chi connectivity index (χ2n) is 15.6. The molecule has 38 heavy (non-hydrogen) atoms. The molecule has 0 saturated heterocycles. The molecule has 0 atom stereocenters. The summed E-state index contributed by atoms with van der Waals surface area (Å²) in [6.45, 7) is 45.9. The van der Waals surface area contributed by atoms with Gasteiger partial charge in [0.2, 0.25) is 0 Å². The van der Waals surface area contributed by atoms with Gasteiger partial charge in [0.25, 0.3) is 0 Å². The van der Waals surface area contributed by atoms with Crippen molar-refractivity contribution < 1.29 is 0 Å². The molecule has 0 spiro atoms. The molecule has 2 rings (SSSR count). The number of hydrogen-bond donors (Lipinski definition) is 0. The van der Waals surface area contributed by atoms with E-state index in [1.54, 1.807) is 10.4 Å². The van der Waals surface area contributed by atoms with Crippen molar-refractivity contribution in [3.8, 4) is 0 Å². The average Bonchev–Trinajstić information content (AvgIpc) is 2.60. The van der Waals surface area contributed by atoms with E-state index in [4.69, 9.17) is 0 Å². The smallest absolute Gasteiger partial charge is 0.146 e. The van der Waals surface area contributed by atoms with Gasteiger partial charge >= 0.3 is 0 Å². The van der Waals surface area contributed by atoms with Crippen LogP contribution in [0.1, 0.15) is 33.4 Å². The topological polar surface area (TPSA) is 6.48 Å². The van der Waals surface area contributed by atoms with Crippen LogP contribution in [0.3, 0.4) is 0 Å². The average molecular weight is 615 g/mol. The third kappa shape index (κ3) is 7.34. The maximum atomic E-state index is 3.29. The van der Waals surface area contributed by atoms with Crippen LogP contribution >= 0.6 is 0 Å². The van der Waals surface area contributed by atoms with Crippen LogP contribution in [0.25, 0.3) is 0 Å². The summed E-state index contributed by atoms with van der Waals surface area (Å²) in [7, 11) is -8.87. The Morgan fingerprint density at radius 1 is 0.395 bits per heavy atom. The molecule has 0 unspecified atom stereocenters. The first-order valence-corrected chi connectivity index (χ1v) is 32.1. The number of nitrogens with zero attached hydrogens (tertiary/aromatic N) is 2. The fourth-order valence-corrected chi connectivity index (χ4v) is 59.4. The Balaban J connectivity index is 3.50. The zero-order valence-corrected chi connectivity index (χ0v) is 34.2. The molecule has 0 N–H and O–H groups in total. The lowest BCUT2D eigenvalue weighted by molar-refractivity contribution is 0.928. The SMILES string of the molecule is Cc1cc(C)c(/[Si](N([Si](C)(C)C)[Si](C)(C)C)=[Si](/c2c(C)cc(C)cc2C)N([Si](C)(C)C)[Si](C)(C)C)c(C)c1. The van der Waals surface area contributed by atoms with E-state index in [0.29, 0.717) is 0 Å². The van der Waals surface area contributed by atoms with Gasteiger partial charge in [-0.15, -0.1) is 0 Å². The lowest BCUT2D eigenvalue weighted by Gasteiger charge is -2.54. The normalized spacial score (nSPS) is 13.9. The third-order valence-corrected chi connectivity index (χ3v) is 42.1. The Kier molecular flexibility index (Phi) is 9.99. The highest BCUT2D eigenvalue weighted by molar-refractivity contribution is 7.20. The number of aryl methyl sites for hydroxylation is 6. The van der Waals surface area contributed by atoms with Crippen LogP contribution in [0.4, 0.5) is 0 Å². The maximum Gasteiger partial charge on any atom is 0.146 e. The summed E-state index contributed by atoms with van der Waals surface area (Å²) in [5.41, 5.74) is 8.95. The van der Waals surface area contributed by atoms with Gasteiger partial charge in [-0.05, 0) is 74.2 Å². The van der Waals surface area contributed by atoms with Gasteiger partial charge in [0.05, 0.1) is 0 Å². The molecular formula is C30H58N2Si6. The maximum absolute atomic E-state index is 3.29. The largest absolute Gasteiger partial charge is 0.461 e. The van der Waals surface area contributed by atoms with Gasteiger partial charge in [-0.25, -0.2) is 0 Å². The van der Waals surface area contributed by atoms with Crippen LogP contribution in [0, 0.1) is 41.5 Å². The zero-order chi connectivity index (χ0) is 29.8. The molecule has 2 aromatic carbocycles. The minimum atomic E-state index is -1.66. The highest BCUT2D eigenvalue weighted by Gasteiger charge is 2.44. The van der Waals surface area contributed by atoms with Crippen LogP contribution in [-0.4, -0.2) is 56.8 Å². The van der Waals surface area contributed by atoms with Crippen LogP contribution < -0.4 is 10.4 Å². The Hall–Kier alpha value is -0.659. The molecule has 0 fully saturated rings. The van der Waals surface area contributed by atoms with Gasteiger partial charge < -0.3 is 7.79 Å². The van der Waals surface area contributed by atoms with Crippen molar-refractivity contribution >= 4 is 59.4 Å². The summed E-state index contributed by atoms with van der Waals surface area (Å²) < 4.78 is 6.57. The first kappa shape index (κ1) is 33.5. The standard InChI is InChI=1S/C30H58N2Si6/c1-23-19-25(3)29(26(4)20-23)33(31(35(7,8)9)36(10,11)12)34(32(37(13,14)15)38(16,17)18)30-27(5)21-24(2)22-28(30)6/h19-22H,1-18H3/b34-33+. The summed E-state index contributed by atoms with van der Waals surface area (Å²) in [5.74, 6) is 0. The van der Waals surface area contributed by atoms with Gasteiger partial charge in [-0.2, -0.15) is 0 Å². The van der Waals surface area contributed by atoms with Crippen LogP contribution in [-0.2, 0) is 0 Å². The fraction of sp³-hybridized carbons (Fsp3) is 0.600. The van der Waals surface area contributed by atoms with Crippen molar-refractivity contribution in [2.24, 2.45) is 0 Å². The first-order valence-electron chi connectivity index (χ1n) is 14.4. The van der Waals surface area contributed by atoms with Crippen molar-refractivity contribution in [3.63, 3.8) is 0 Å². The molecule has 0 aliphatic carbocycles. The van der Waals surface area contributed by atoms with E-state index < -0.39 is 49.0 Å². The zero-order valence-electron chi connectivity index (χ0n) is 28.2. The summed E-state index contributed by atoms with van der Waals surface area (Å²) in [6, 6.07) is 9.95. The summed E-state index contributed by atoms with van der Waals surface area (Å²) in [5, 5.41) is 3.47. The summed E-state index contributed by atoms with van der Waals surface area (Å²) >= 11 is 0. The Bertz CT molecular complexity index is 1050. The van der Waals surface area contributed by atoms with E-state index >= 15 is 0 Å². The molecule has 212 valence electrons. The van der Waals surface area contributed by atoms with Gasteiger partial charge in [-0.1, -0.05) is 114 Å². The molecule has 2 nitrogen and oxygen atoms in total. The van der Waals surface area contributed by atoms with E-state index in [-0.39, 0.29) is 0 Å². The highest BCUT2D eigenvalue weighted by Crippen LogP contribution is 2.26. The molecule has 0 aliphatic rings. The predicted molar refractivity (Wildman–Crippen MR) is 189 cm³/mol. The molecule has 0 heterocycles. The monoisotopic (exact) mass is 614 g/mol. The van der Waals surface area contributed by atoms with Gasteiger partial charge in [0.15, 0.2) is 0 Å². The van der Waals surface area contributed by atoms with Crippen molar-refractivity contribution in [2.75, 3.05) is 0 Å². The van der Waals surface area contributed by atoms with Crippen molar-refractivity contribution in [1.82, 2.24) is 7.79 Å². The molecule has 0 saturated carbocycles. The third-order valence-electron chi connectivity index (χ3n) is 7.18. The molecule has 0 aliphatic heterocycles. The molecule has 0 amide bonds. The molecule has 8 heteroatoms. The van der Waals surface area contributed by atoms with E-state index in [1.807, 2.05) is 0 Å². The van der Waals surface area contributed by atoms with E-state index in [9.17, 15) is 0 Å². The van der Waals surface area contributed by atoms with Crippen molar-refractivity contribution in [1.29, 1.82) is 0 Å². The van der Waals surface area contributed by atoms with Crippen LogP contribution in [0.5, 0.6) is 0 Å². The minimum absolute atomic E-state index is 1.11. The van der Waals surface area contributed by atoms with Crippen molar-refractivity contribution in [2.45, 2.75) is 120 Å². The molecule has 2 aromatic rings. The Morgan fingerprint density at radius 2 is 0.579 bits per heavy atom. The van der Waals surface area contributed by atoms with Gasteiger partial charge in [0, 0.05) is 0 Å². The highest BCUT2D eigenvalue weighted by atomic mass is 28.9. The van der Waals surface area contributed by atoms with E-state index in [1.165, 1.54) is 33.4 Å². The van der Waals surface area contributed by atoms with E-state index in [0.717, 1.165) is 0 Å². The molecule has 0 radical (unpaired) electrons.